The maximum Gasteiger partial charge on any atom is 0.162 e. The Labute approximate surface area is 159 Å². The van der Waals surface area contributed by atoms with Crippen LogP contribution in [0.4, 0.5) is 17.3 Å². The van der Waals surface area contributed by atoms with Crippen LogP contribution >= 0.6 is 0 Å². The Morgan fingerprint density at radius 2 is 1.96 bits per heavy atom. The molecule has 3 rings (SSSR count). The molecule has 9 heteroatoms. The van der Waals surface area contributed by atoms with Gasteiger partial charge in [-0.3, -0.25) is 0 Å². The van der Waals surface area contributed by atoms with Crippen LogP contribution in [0.2, 0.25) is 0 Å². The van der Waals surface area contributed by atoms with E-state index in [1.165, 1.54) is 6.33 Å². The molecular weight excluding hydrogens is 368 g/mol. The minimum atomic E-state index is -2.96. The van der Waals surface area contributed by atoms with Crippen molar-refractivity contribution < 1.29 is 17.9 Å². The second-order valence-electron chi connectivity index (χ2n) is 6.30. The smallest absolute Gasteiger partial charge is 0.162 e. The first-order chi connectivity index (χ1) is 13.0. The van der Waals surface area contributed by atoms with E-state index in [0.29, 0.717) is 36.1 Å². The molecule has 8 nitrogen and oxygen atoms in total. The molecule has 0 spiro atoms. The molecule has 1 aromatic heterocycles. The Hall–Kier alpha value is -2.55. The molecule has 0 saturated carbocycles. The monoisotopic (exact) mass is 392 g/mol. The SMILES string of the molecule is CCN(c1cc(Nc2ccc(OC)c(OC)c2)ncn1)C1CCS(=O)(=O)C1. The molecule has 0 radical (unpaired) electrons. The quantitative estimate of drug-likeness (QED) is 0.767. The van der Waals surface area contributed by atoms with Crippen LogP contribution in [0.3, 0.4) is 0 Å². The van der Waals surface area contributed by atoms with Crippen LogP contribution in [-0.2, 0) is 9.84 Å². The topological polar surface area (TPSA) is 93.7 Å². The third-order valence-electron chi connectivity index (χ3n) is 4.59. The van der Waals surface area contributed by atoms with Crippen molar-refractivity contribution in [3.05, 3.63) is 30.6 Å². The highest BCUT2D eigenvalue weighted by Gasteiger charge is 2.32. The highest BCUT2D eigenvalue weighted by molar-refractivity contribution is 7.91. The van der Waals surface area contributed by atoms with Crippen molar-refractivity contribution in [3.63, 3.8) is 0 Å². The molecule has 1 aliphatic rings. The van der Waals surface area contributed by atoms with Crippen molar-refractivity contribution in [1.82, 2.24) is 9.97 Å². The number of nitrogens with one attached hydrogen (secondary N) is 1. The highest BCUT2D eigenvalue weighted by atomic mass is 32.2. The summed E-state index contributed by atoms with van der Waals surface area (Å²) in [7, 11) is 0.212. The summed E-state index contributed by atoms with van der Waals surface area (Å²) in [5.74, 6) is 2.98. The van der Waals surface area contributed by atoms with Gasteiger partial charge < -0.3 is 19.7 Å². The second kappa shape index (κ2) is 7.99. The fraction of sp³-hybridized carbons (Fsp3) is 0.444. The predicted octanol–water partition coefficient (Wildman–Crippen LogP) is 2.25. The predicted molar refractivity (Wildman–Crippen MR) is 105 cm³/mol. The lowest BCUT2D eigenvalue weighted by Gasteiger charge is -2.28. The van der Waals surface area contributed by atoms with Gasteiger partial charge in [-0.2, -0.15) is 0 Å². The molecule has 0 bridgehead atoms. The summed E-state index contributed by atoms with van der Waals surface area (Å²) >= 11 is 0. The van der Waals surface area contributed by atoms with E-state index in [2.05, 4.69) is 15.3 Å². The maximum absolute atomic E-state index is 11.8. The van der Waals surface area contributed by atoms with Gasteiger partial charge in [-0.05, 0) is 25.5 Å². The van der Waals surface area contributed by atoms with Gasteiger partial charge in [-0.15, -0.1) is 0 Å². The van der Waals surface area contributed by atoms with Gasteiger partial charge in [-0.1, -0.05) is 0 Å². The lowest BCUT2D eigenvalue weighted by atomic mass is 10.2. The van der Waals surface area contributed by atoms with E-state index < -0.39 is 9.84 Å². The van der Waals surface area contributed by atoms with Crippen molar-refractivity contribution in [2.24, 2.45) is 0 Å². The van der Waals surface area contributed by atoms with Crippen molar-refractivity contribution in [3.8, 4) is 11.5 Å². The van der Waals surface area contributed by atoms with Gasteiger partial charge >= 0.3 is 0 Å². The Balaban J connectivity index is 1.81. The van der Waals surface area contributed by atoms with Gasteiger partial charge in [-0.25, -0.2) is 18.4 Å². The fourth-order valence-electron chi connectivity index (χ4n) is 3.26. The summed E-state index contributed by atoms with van der Waals surface area (Å²) in [6.07, 6.45) is 2.10. The van der Waals surface area contributed by atoms with Gasteiger partial charge in [0.2, 0.25) is 0 Å². The van der Waals surface area contributed by atoms with Crippen molar-refractivity contribution >= 4 is 27.2 Å². The summed E-state index contributed by atoms with van der Waals surface area (Å²) in [5, 5.41) is 3.22. The number of rotatable bonds is 7. The minimum Gasteiger partial charge on any atom is -0.493 e. The van der Waals surface area contributed by atoms with Crippen molar-refractivity contribution in [2.75, 3.05) is 42.5 Å². The summed E-state index contributed by atoms with van der Waals surface area (Å²) in [6.45, 7) is 2.67. The number of sulfone groups is 1. The summed E-state index contributed by atoms with van der Waals surface area (Å²) in [6, 6.07) is 7.27. The van der Waals surface area contributed by atoms with Gasteiger partial charge in [0.1, 0.15) is 18.0 Å². The molecule has 1 N–H and O–H groups in total. The van der Waals surface area contributed by atoms with E-state index in [1.54, 1.807) is 14.2 Å². The van der Waals surface area contributed by atoms with Gasteiger partial charge in [0.05, 0.1) is 25.7 Å². The highest BCUT2D eigenvalue weighted by Crippen LogP contribution is 2.31. The normalized spacial score (nSPS) is 18.1. The van der Waals surface area contributed by atoms with Crippen LogP contribution in [0, 0.1) is 0 Å². The molecule has 1 atom stereocenters. The van der Waals surface area contributed by atoms with Crippen LogP contribution in [0.1, 0.15) is 13.3 Å². The zero-order valence-electron chi connectivity index (χ0n) is 15.7. The first-order valence-electron chi connectivity index (χ1n) is 8.74. The standard InChI is InChI=1S/C18H24N4O4S/c1-4-22(14-7-8-27(23,24)11-14)18-10-17(19-12-20-18)21-13-5-6-15(25-2)16(9-13)26-3/h5-6,9-10,12,14H,4,7-8,11H2,1-3H3,(H,19,20,21). The van der Waals surface area contributed by atoms with Crippen LogP contribution in [-0.4, -0.2) is 56.7 Å². The molecule has 1 unspecified atom stereocenters. The molecule has 2 aromatic rings. The molecule has 1 aliphatic heterocycles. The first kappa shape index (κ1) is 19.2. The largest absolute Gasteiger partial charge is 0.493 e. The van der Waals surface area contributed by atoms with Crippen LogP contribution < -0.4 is 19.7 Å². The Kier molecular flexibility index (Phi) is 5.69. The zero-order valence-corrected chi connectivity index (χ0v) is 16.5. The van der Waals surface area contributed by atoms with E-state index in [1.807, 2.05) is 36.1 Å². The summed E-state index contributed by atoms with van der Waals surface area (Å²) in [4.78, 5) is 10.6. The molecule has 1 aromatic carbocycles. The molecule has 1 saturated heterocycles. The van der Waals surface area contributed by atoms with Crippen LogP contribution in [0.5, 0.6) is 11.5 Å². The zero-order chi connectivity index (χ0) is 19.4. The summed E-state index contributed by atoms with van der Waals surface area (Å²) < 4.78 is 34.2. The van der Waals surface area contributed by atoms with Crippen LogP contribution in [0.25, 0.3) is 0 Å². The number of methoxy groups -OCH3 is 2. The van der Waals surface area contributed by atoms with Gasteiger partial charge in [0, 0.05) is 30.4 Å². The second-order valence-corrected chi connectivity index (χ2v) is 8.53. The van der Waals surface area contributed by atoms with E-state index >= 15 is 0 Å². The number of aromatic nitrogens is 2. The molecule has 146 valence electrons. The number of ether oxygens (including phenoxy) is 2. The molecule has 0 aliphatic carbocycles. The molecule has 1 fully saturated rings. The molecule has 2 heterocycles. The van der Waals surface area contributed by atoms with E-state index in [9.17, 15) is 8.42 Å². The Bertz CT molecular complexity index is 904. The molecule has 27 heavy (non-hydrogen) atoms. The summed E-state index contributed by atoms with van der Waals surface area (Å²) in [5.41, 5.74) is 0.795. The molecule has 0 amide bonds. The van der Waals surface area contributed by atoms with E-state index in [-0.39, 0.29) is 17.5 Å². The van der Waals surface area contributed by atoms with Gasteiger partial charge in [0.25, 0.3) is 0 Å². The third-order valence-corrected chi connectivity index (χ3v) is 6.34. The number of nitrogens with zero attached hydrogens (tertiary/aromatic N) is 3. The maximum atomic E-state index is 11.8. The number of benzene rings is 1. The van der Waals surface area contributed by atoms with Crippen LogP contribution in [0.15, 0.2) is 30.6 Å². The number of anilines is 3. The molecular formula is C18H24N4O4S. The number of hydrogen-bond donors (Lipinski definition) is 1. The lowest BCUT2D eigenvalue weighted by molar-refractivity contribution is 0.355. The lowest BCUT2D eigenvalue weighted by Crippen LogP contribution is -2.36. The van der Waals surface area contributed by atoms with E-state index in [4.69, 9.17) is 9.47 Å². The average Bonchev–Trinajstić information content (AvgIpc) is 3.02. The van der Waals surface area contributed by atoms with Gasteiger partial charge in [0.15, 0.2) is 21.3 Å². The Morgan fingerprint density at radius 1 is 1.19 bits per heavy atom. The third kappa shape index (κ3) is 4.41. The average molecular weight is 392 g/mol. The first-order valence-corrected chi connectivity index (χ1v) is 10.6. The van der Waals surface area contributed by atoms with E-state index in [0.717, 1.165) is 5.69 Å². The Morgan fingerprint density at radius 3 is 2.59 bits per heavy atom. The number of hydrogen-bond acceptors (Lipinski definition) is 8. The van der Waals surface area contributed by atoms with Crippen molar-refractivity contribution in [2.45, 2.75) is 19.4 Å². The minimum absolute atomic E-state index is 0.0520. The van der Waals surface area contributed by atoms with Crippen molar-refractivity contribution in [1.29, 1.82) is 0 Å². The fourth-order valence-corrected chi connectivity index (χ4v) is 4.99.